The Labute approximate surface area is 388 Å². The first kappa shape index (κ1) is 59.6. The van der Waals surface area contributed by atoms with E-state index >= 15 is 0 Å². The van der Waals surface area contributed by atoms with Gasteiger partial charge in [0, 0.05) is 12.8 Å². The van der Waals surface area contributed by atoms with Gasteiger partial charge in [0.1, 0.15) is 13.2 Å². The van der Waals surface area contributed by atoms with Crippen molar-refractivity contribution >= 4 is 17.9 Å². The standard InChI is InChI=1S/C57H96O6/c1-4-7-10-13-16-19-21-23-25-27-28-30-31-33-35-38-41-44-47-50-56(59)62-53-54(52-61-55(58)49-46-43-40-37-18-15-12-9-6-3)63-57(60)51-48-45-42-39-36-34-32-29-26-24-22-20-17-14-11-8-5-2/h7,9-10,12,16,18-19,23,25,28,30,37,43,46,54H,4-6,8,11,13-15,17,20-22,24,26-27,29,31-36,38-42,44-45,47-53H2,1-3H3/b10-7-,12-9-,19-16-,25-23-,30-28-,37-18-,46-43-. The molecule has 63 heavy (non-hydrogen) atoms. The third kappa shape index (κ3) is 49.5. The molecule has 0 aromatic heterocycles. The highest BCUT2D eigenvalue weighted by atomic mass is 16.6. The number of ether oxygens (including phenoxy) is 3. The highest BCUT2D eigenvalue weighted by Crippen LogP contribution is 2.15. The highest BCUT2D eigenvalue weighted by Gasteiger charge is 2.19. The van der Waals surface area contributed by atoms with Gasteiger partial charge in [-0.1, -0.05) is 234 Å². The Bertz CT molecular complexity index is 1240. The fraction of sp³-hybridized carbons (Fsp3) is 0.702. The van der Waals surface area contributed by atoms with Crippen LogP contribution in [-0.2, 0) is 28.6 Å². The van der Waals surface area contributed by atoms with Crippen molar-refractivity contribution in [1.82, 2.24) is 0 Å². The summed E-state index contributed by atoms with van der Waals surface area (Å²) in [5, 5.41) is 0. The number of carbonyl (C=O) groups excluding carboxylic acids is 3. The molecule has 0 amide bonds. The van der Waals surface area contributed by atoms with Crippen LogP contribution < -0.4 is 0 Å². The molecule has 0 aliphatic heterocycles. The van der Waals surface area contributed by atoms with Crippen molar-refractivity contribution in [2.45, 2.75) is 245 Å². The van der Waals surface area contributed by atoms with Crippen LogP contribution in [0.25, 0.3) is 0 Å². The van der Waals surface area contributed by atoms with Crippen molar-refractivity contribution in [2.24, 2.45) is 0 Å². The maximum Gasteiger partial charge on any atom is 0.309 e. The molecule has 0 N–H and O–H groups in total. The second kappa shape index (κ2) is 51.2. The maximum absolute atomic E-state index is 12.8. The minimum Gasteiger partial charge on any atom is -0.462 e. The van der Waals surface area contributed by atoms with Crippen molar-refractivity contribution in [1.29, 1.82) is 0 Å². The van der Waals surface area contributed by atoms with Crippen LogP contribution >= 0.6 is 0 Å². The van der Waals surface area contributed by atoms with Gasteiger partial charge in [-0.3, -0.25) is 14.4 Å². The second-order valence-electron chi connectivity index (χ2n) is 17.0. The average molecular weight is 877 g/mol. The van der Waals surface area contributed by atoms with Crippen LogP contribution in [-0.4, -0.2) is 37.2 Å². The summed E-state index contributed by atoms with van der Waals surface area (Å²) >= 11 is 0. The summed E-state index contributed by atoms with van der Waals surface area (Å²) in [5.74, 6) is -1.05. The summed E-state index contributed by atoms with van der Waals surface area (Å²) in [6, 6.07) is 0. The molecule has 0 spiro atoms. The van der Waals surface area contributed by atoms with Crippen molar-refractivity contribution in [3.8, 4) is 0 Å². The molecule has 6 nitrogen and oxygen atoms in total. The summed E-state index contributed by atoms with van der Waals surface area (Å²) < 4.78 is 16.7. The van der Waals surface area contributed by atoms with Crippen molar-refractivity contribution in [2.75, 3.05) is 13.2 Å². The van der Waals surface area contributed by atoms with Crippen LogP contribution in [0.5, 0.6) is 0 Å². The zero-order valence-electron chi connectivity index (χ0n) is 41.1. The average Bonchev–Trinajstić information content (AvgIpc) is 3.28. The third-order valence-electron chi connectivity index (χ3n) is 10.9. The first-order valence-electron chi connectivity index (χ1n) is 26.1. The van der Waals surface area contributed by atoms with E-state index < -0.39 is 12.1 Å². The molecular weight excluding hydrogens is 781 g/mol. The van der Waals surface area contributed by atoms with E-state index in [1.807, 2.05) is 6.08 Å². The third-order valence-corrected chi connectivity index (χ3v) is 10.9. The number of carbonyl (C=O) groups is 3. The normalized spacial score (nSPS) is 12.7. The summed E-state index contributed by atoms with van der Waals surface area (Å²) in [4.78, 5) is 37.8. The molecule has 0 saturated carbocycles. The van der Waals surface area contributed by atoms with E-state index in [4.69, 9.17) is 14.2 Å². The largest absolute Gasteiger partial charge is 0.462 e. The van der Waals surface area contributed by atoms with Gasteiger partial charge in [0.15, 0.2) is 6.10 Å². The number of esters is 3. The molecule has 1 unspecified atom stereocenters. The van der Waals surface area contributed by atoms with E-state index in [2.05, 4.69) is 93.7 Å². The molecule has 360 valence electrons. The van der Waals surface area contributed by atoms with Crippen LogP contribution in [0.2, 0.25) is 0 Å². The van der Waals surface area contributed by atoms with Crippen LogP contribution in [0.3, 0.4) is 0 Å². The number of rotatable bonds is 46. The molecule has 1 atom stereocenters. The maximum atomic E-state index is 12.8. The molecule has 0 fully saturated rings. The molecule has 0 aliphatic rings. The number of hydrogen-bond donors (Lipinski definition) is 0. The fourth-order valence-electron chi connectivity index (χ4n) is 7.08. The minimum absolute atomic E-state index is 0.110. The van der Waals surface area contributed by atoms with Gasteiger partial charge in [-0.25, -0.2) is 0 Å². The Hall–Kier alpha value is -3.41. The van der Waals surface area contributed by atoms with Gasteiger partial charge < -0.3 is 14.2 Å². The van der Waals surface area contributed by atoms with Crippen molar-refractivity contribution in [3.05, 3.63) is 85.1 Å². The van der Waals surface area contributed by atoms with Gasteiger partial charge in [-0.15, -0.1) is 0 Å². The van der Waals surface area contributed by atoms with Crippen LogP contribution in [0.1, 0.15) is 239 Å². The Morgan fingerprint density at radius 2 is 0.683 bits per heavy atom. The van der Waals surface area contributed by atoms with Crippen LogP contribution in [0.4, 0.5) is 0 Å². The lowest BCUT2D eigenvalue weighted by Crippen LogP contribution is -2.30. The molecule has 0 aliphatic carbocycles. The van der Waals surface area contributed by atoms with E-state index in [1.54, 1.807) is 6.08 Å². The number of unbranched alkanes of at least 4 members (excludes halogenated alkanes) is 22. The zero-order valence-corrected chi connectivity index (χ0v) is 41.1. The molecule has 0 heterocycles. The van der Waals surface area contributed by atoms with Crippen LogP contribution in [0, 0.1) is 0 Å². The molecule has 0 aromatic rings. The van der Waals surface area contributed by atoms with E-state index in [0.717, 1.165) is 96.3 Å². The number of hydrogen-bond acceptors (Lipinski definition) is 6. The molecule has 6 heteroatoms. The Kier molecular flexibility index (Phi) is 48.5. The van der Waals surface area contributed by atoms with E-state index in [-0.39, 0.29) is 31.6 Å². The van der Waals surface area contributed by atoms with Gasteiger partial charge in [0.25, 0.3) is 0 Å². The van der Waals surface area contributed by atoms with Gasteiger partial charge >= 0.3 is 17.9 Å². The molecule has 0 saturated heterocycles. The molecule has 0 radical (unpaired) electrons. The van der Waals surface area contributed by atoms with Crippen molar-refractivity contribution in [3.63, 3.8) is 0 Å². The Morgan fingerprint density at radius 3 is 1.11 bits per heavy atom. The van der Waals surface area contributed by atoms with Gasteiger partial charge in [-0.05, 0) is 70.6 Å². The van der Waals surface area contributed by atoms with E-state index in [1.165, 1.54) is 103 Å². The number of allylic oxidation sites excluding steroid dienone is 13. The topological polar surface area (TPSA) is 78.9 Å². The first-order valence-corrected chi connectivity index (χ1v) is 26.1. The molecule has 0 bridgehead atoms. The van der Waals surface area contributed by atoms with Gasteiger partial charge in [-0.2, -0.15) is 0 Å². The van der Waals surface area contributed by atoms with E-state index in [9.17, 15) is 14.4 Å². The van der Waals surface area contributed by atoms with E-state index in [0.29, 0.717) is 12.8 Å². The SMILES string of the molecule is CC/C=C\C/C=C\C/C=C\C/C=C\CCCCCCCCC(=O)OCC(COC(=O)C/C=C\C/C=C\C/C=C\CC)OC(=O)CCCCCCCCCCCCCCCCCCC. The predicted molar refractivity (Wildman–Crippen MR) is 270 cm³/mol. The van der Waals surface area contributed by atoms with Crippen molar-refractivity contribution < 1.29 is 28.6 Å². The summed E-state index contributed by atoms with van der Waals surface area (Å²) in [7, 11) is 0. The Morgan fingerprint density at radius 1 is 0.349 bits per heavy atom. The summed E-state index contributed by atoms with van der Waals surface area (Å²) in [6.07, 6.45) is 66.1. The fourth-order valence-corrected chi connectivity index (χ4v) is 7.08. The lowest BCUT2D eigenvalue weighted by molar-refractivity contribution is -0.166. The first-order chi connectivity index (χ1) is 31.0. The molecule has 0 aromatic carbocycles. The molecule has 0 rings (SSSR count). The summed E-state index contributed by atoms with van der Waals surface area (Å²) in [6.45, 7) is 6.31. The lowest BCUT2D eigenvalue weighted by Gasteiger charge is -2.18. The monoisotopic (exact) mass is 877 g/mol. The smallest absolute Gasteiger partial charge is 0.309 e. The molecular formula is C57H96O6. The minimum atomic E-state index is -0.815. The van der Waals surface area contributed by atoms with Gasteiger partial charge in [0.05, 0.1) is 6.42 Å². The second-order valence-corrected chi connectivity index (χ2v) is 17.0. The van der Waals surface area contributed by atoms with Crippen LogP contribution in [0.15, 0.2) is 85.1 Å². The summed E-state index contributed by atoms with van der Waals surface area (Å²) in [5.41, 5.74) is 0. The zero-order chi connectivity index (χ0) is 45.8. The van der Waals surface area contributed by atoms with Gasteiger partial charge in [0.2, 0.25) is 0 Å². The highest BCUT2D eigenvalue weighted by molar-refractivity contribution is 5.72. The lowest BCUT2D eigenvalue weighted by atomic mass is 10.0. The quantitative estimate of drug-likeness (QED) is 0.0262. The predicted octanol–water partition coefficient (Wildman–Crippen LogP) is 17.2. The Balaban J connectivity index is 4.37.